The highest BCUT2D eigenvalue weighted by Gasteiger charge is 2.54. The van der Waals surface area contributed by atoms with E-state index in [-0.39, 0.29) is 5.97 Å². The third-order valence-electron chi connectivity index (χ3n) is 2.00. The summed E-state index contributed by atoms with van der Waals surface area (Å²) in [6.45, 7) is 0.811. The van der Waals surface area contributed by atoms with Crippen LogP contribution in [0.3, 0.4) is 0 Å². The summed E-state index contributed by atoms with van der Waals surface area (Å²) < 4.78 is 9.42. The first-order chi connectivity index (χ1) is 4.73. The molecule has 0 aromatic carbocycles. The zero-order valence-corrected chi connectivity index (χ0v) is 5.37. The molecule has 2 fully saturated rings. The Morgan fingerprint density at radius 3 is 2.50 bits per heavy atom. The Hall–Kier alpha value is -0.610. The van der Waals surface area contributed by atoms with Crippen molar-refractivity contribution in [2.45, 2.75) is 12.7 Å². The van der Waals surface area contributed by atoms with E-state index in [0.29, 0.717) is 19.6 Å². The molecule has 1 N–H and O–H groups in total. The van der Waals surface area contributed by atoms with Crippen LogP contribution in [0.1, 0.15) is 6.42 Å². The predicted molar refractivity (Wildman–Crippen MR) is 30.0 cm³/mol. The highest BCUT2D eigenvalue weighted by molar-refractivity contribution is 5.80. The summed E-state index contributed by atoms with van der Waals surface area (Å²) in [6.07, 6.45) is -0.511. The minimum absolute atomic E-state index is 0.314. The topological polar surface area (TPSA) is 55.8 Å². The quantitative estimate of drug-likeness (QED) is 0.455. The van der Waals surface area contributed by atoms with Crippen molar-refractivity contribution in [3.05, 3.63) is 0 Å². The second kappa shape index (κ2) is 1.71. The van der Waals surface area contributed by atoms with E-state index in [1.54, 1.807) is 0 Å². The third kappa shape index (κ3) is 0.602. The number of aliphatic hydroxyl groups excluding tert-OH is 1. The lowest BCUT2D eigenvalue weighted by Crippen LogP contribution is -2.46. The van der Waals surface area contributed by atoms with E-state index in [1.165, 1.54) is 0 Å². The summed E-state index contributed by atoms with van der Waals surface area (Å²) in [6, 6.07) is 0. The number of carbonyl (C=O) groups excluding carboxylic acids is 1. The zero-order chi connectivity index (χ0) is 7.19. The van der Waals surface area contributed by atoms with E-state index in [0.717, 1.165) is 0 Å². The molecule has 4 heteroatoms. The van der Waals surface area contributed by atoms with Crippen LogP contribution in [0.15, 0.2) is 0 Å². The number of rotatable bonds is 0. The van der Waals surface area contributed by atoms with Crippen molar-refractivity contribution in [3.8, 4) is 0 Å². The summed E-state index contributed by atoms with van der Waals surface area (Å²) in [5, 5.41) is 8.90. The van der Waals surface area contributed by atoms with Crippen LogP contribution in [0.5, 0.6) is 0 Å². The highest BCUT2D eigenvalue weighted by atomic mass is 16.6. The average Bonchev–Trinajstić information content (AvgIpc) is 2.04. The number of esters is 1. The third-order valence-corrected chi connectivity index (χ3v) is 2.00. The van der Waals surface area contributed by atoms with Crippen molar-refractivity contribution in [1.82, 2.24) is 0 Å². The maximum absolute atomic E-state index is 10.9. The number of hydrogen-bond acceptors (Lipinski definition) is 4. The van der Waals surface area contributed by atoms with Gasteiger partial charge in [-0.05, 0) is 0 Å². The molecule has 0 aromatic rings. The number of cyclic esters (lactones) is 1. The minimum Gasteiger partial charge on any atom is -0.435 e. The SMILES string of the molecule is O=C1OC(O)CC12COC2. The van der Waals surface area contributed by atoms with Gasteiger partial charge in [0.25, 0.3) is 0 Å². The van der Waals surface area contributed by atoms with Gasteiger partial charge in [-0.1, -0.05) is 0 Å². The van der Waals surface area contributed by atoms with Crippen LogP contribution < -0.4 is 0 Å². The first kappa shape index (κ1) is 6.12. The van der Waals surface area contributed by atoms with E-state index in [1.807, 2.05) is 0 Å². The molecule has 0 amide bonds. The Kier molecular flexibility index (Phi) is 1.04. The lowest BCUT2D eigenvalue weighted by atomic mass is 9.84. The van der Waals surface area contributed by atoms with Crippen molar-refractivity contribution in [2.75, 3.05) is 13.2 Å². The second-order valence-electron chi connectivity index (χ2n) is 2.84. The van der Waals surface area contributed by atoms with Crippen LogP contribution >= 0.6 is 0 Å². The minimum atomic E-state index is -0.906. The lowest BCUT2D eigenvalue weighted by molar-refractivity contribution is -0.173. The van der Waals surface area contributed by atoms with Crippen LogP contribution in [-0.2, 0) is 14.3 Å². The van der Waals surface area contributed by atoms with Crippen LogP contribution in [0.2, 0.25) is 0 Å². The Labute approximate surface area is 57.7 Å². The van der Waals surface area contributed by atoms with Crippen molar-refractivity contribution >= 4 is 5.97 Å². The van der Waals surface area contributed by atoms with Gasteiger partial charge in [-0.15, -0.1) is 0 Å². The number of hydrogen-bond donors (Lipinski definition) is 1. The summed E-state index contributed by atoms with van der Waals surface area (Å²) in [4.78, 5) is 10.9. The molecule has 0 saturated carbocycles. The standard InChI is InChI=1S/C6H8O4/c7-4-1-6(2-9-3-6)5(8)10-4/h4,7H,1-3H2. The molecule has 56 valence electrons. The molecule has 2 aliphatic rings. The van der Waals surface area contributed by atoms with Gasteiger partial charge in [0.15, 0.2) is 0 Å². The van der Waals surface area contributed by atoms with E-state index >= 15 is 0 Å². The van der Waals surface area contributed by atoms with Gasteiger partial charge in [-0.2, -0.15) is 0 Å². The fourth-order valence-corrected chi connectivity index (χ4v) is 1.29. The summed E-state index contributed by atoms with van der Waals surface area (Å²) >= 11 is 0. The maximum atomic E-state index is 10.9. The molecule has 0 bridgehead atoms. The molecule has 2 saturated heterocycles. The smallest absolute Gasteiger partial charge is 0.319 e. The van der Waals surface area contributed by atoms with Gasteiger partial charge < -0.3 is 14.6 Å². The molecule has 0 aromatic heterocycles. The first-order valence-electron chi connectivity index (χ1n) is 3.20. The Morgan fingerprint density at radius 2 is 2.30 bits per heavy atom. The summed E-state index contributed by atoms with van der Waals surface area (Å²) in [7, 11) is 0. The molecular formula is C6H8O4. The Balaban J connectivity index is 2.16. The van der Waals surface area contributed by atoms with Crippen molar-refractivity contribution in [1.29, 1.82) is 0 Å². The molecule has 1 atom stereocenters. The fourth-order valence-electron chi connectivity index (χ4n) is 1.29. The molecule has 2 aliphatic heterocycles. The largest absolute Gasteiger partial charge is 0.435 e. The molecule has 1 spiro atoms. The maximum Gasteiger partial charge on any atom is 0.319 e. The Bertz CT molecular complexity index is 173. The van der Waals surface area contributed by atoms with Crippen molar-refractivity contribution < 1.29 is 19.4 Å². The summed E-state index contributed by atoms with van der Waals surface area (Å²) in [5.74, 6) is -0.314. The monoisotopic (exact) mass is 144 g/mol. The van der Waals surface area contributed by atoms with E-state index in [9.17, 15) is 4.79 Å². The van der Waals surface area contributed by atoms with Crippen molar-refractivity contribution in [2.24, 2.45) is 5.41 Å². The number of ether oxygens (including phenoxy) is 2. The van der Waals surface area contributed by atoms with E-state index in [4.69, 9.17) is 9.84 Å². The van der Waals surface area contributed by atoms with Gasteiger partial charge in [0, 0.05) is 6.42 Å². The summed E-state index contributed by atoms with van der Waals surface area (Å²) in [5.41, 5.74) is -0.487. The lowest BCUT2D eigenvalue weighted by Gasteiger charge is -2.32. The number of aliphatic hydroxyl groups is 1. The highest BCUT2D eigenvalue weighted by Crippen LogP contribution is 2.39. The Morgan fingerprint density at radius 1 is 1.60 bits per heavy atom. The van der Waals surface area contributed by atoms with Crippen molar-refractivity contribution in [3.63, 3.8) is 0 Å². The molecule has 0 aliphatic carbocycles. The van der Waals surface area contributed by atoms with Gasteiger partial charge in [0.1, 0.15) is 5.41 Å². The molecule has 2 heterocycles. The van der Waals surface area contributed by atoms with Gasteiger partial charge in [0.05, 0.1) is 13.2 Å². The van der Waals surface area contributed by atoms with Gasteiger partial charge in [-0.3, -0.25) is 4.79 Å². The molecule has 0 radical (unpaired) electrons. The van der Waals surface area contributed by atoms with Crippen LogP contribution in [0, 0.1) is 5.41 Å². The molecule has 10 heavy (non-hydrogen) atoms. The second-order valence-corrected chi connectivity index (χ2v) is 2.84. The van der Waals surface area contributed by atoms with Crippen LogP contribution in [0.4, 0.5) is 0 Å². The number of carbonyl (C=O) groups is 1. The first-order valence-corrected chi connectivity index (χ1v) is 3.20. The van der Waals surface area contributed by atoms with Crippen LogP contribution in [-0.4, -0.2) is 30.6 Å². The normalized spacial score (nSPS) is 35.7. The molecular weight excluding hydrogens is 136 g/mol. The average molecular weight is 144 g/mol. The van der Waals surface area contributed by atoms with Gasteiger partial charge in [-0.25, -0.2) is 0 Å². The van der Waals surface area contributed by atoms with Gasteiger partial charge in [0.2, 0.25) is 6.29 Å². The van der Waals surface area contributed by atoms with Gasteiger partial charge >= 0.3 is 5.97 Å². The van der Waals surface area contributed by atoms with Crippen LogP contribution in [0.25, 0.3) is 0 Å². The zero-order valence-electron chi connectivity index (χ0n) is 5.37. The van der Waals surface area contributed by atoms with E-state index in [2.05, 4.69) is 4.74 Å². The van der Waals surface area contributed by atoms with E-state index < -0.39 is 11.7 Å². The predicted octanol–water partition coefficient (Wildman–Crippen LogP) is -0.732. The molecule has 4 nitrogen and oxygen atoms in total. The molecule has 2 rings (SSSR count). The molecule has 1 unspecified atom stereocenters. The fraction of sp³-hybridized carbons (Fsp3) is 0.833.